The van der Waals surface area contributed by atoms with Gasteiger partial charge in [0.25, 0.3) is 11.8 Å². The average Bonchev–Trinajstić information content (AvgIpc) is 2.95. The molecule has 3 rings (SSSR count). The molecule has 6 heteroatoms. The fraction of sp³-hybridized carbons (Fsp3) is 0.190. The Hall–Kier alpha value is -2.86. The molecule has 138 valence electrons. The van der Waals surface area contributed by atoms with E-state index in [9.17, 15) is 9.59 Å². The largest absolute Gasteiger partial charge is 0.280 e. The van der Waals surface area contributed by atoms with Crippen molar-refractivity contribution in [1.82, 2.24) is 10.0 Å². The second-order valence-electron chi connectivity index (χ2n) is 5.92. The lowest BCUT2D eigenvalue weighted by Crippen LogP contribution is -2.48. The van der Waals surface area contributed by atoms with Gasteiger partial charge in [-0.1, -0.05) is 55.1 Å². The maximum atomic E-state index is 12.9. The first kappa shape index (κ1) is 18.9. The molecule has 0 aromatic heterocycles. The van der Waals surface area contributed by atoms with E-state index in [-0.39, 0.29) is 11.8 Å². The monoisotopic (exact) mass is 379 g/mol. The van der Waals surface area contributed by atoms with Crippen LogP contribution in [0.3, 0.4) is 0 Å². The Morgan fingerprint density at radius 2 is 1.67 bits per heavy atom. The number of rotatable bonds is 6. The second kappa shape index (κ2) is 8.68. The lowest BCUT2D eigenvalue weighted by atomic mass is 10.1. The zero-order chi connectivity index (χ0) is 19.2. The summed E-state index contributed by atoms with van der Waals surface area (Å²) in [6.07, 6.45) is 2.61. The quantitative estimate of drug-likeness (QED) is 0.321. The standard InChI is InChI=1S/C21H21N3O2S/c1-3-14-23(21(27-15-4-2)22-16-10-6-5-7-11-16)24-19(25)17-12-8-9-13-18(17)20(24)26/h3,5-13H,1,4,14-15H2,2H3. The summed E-state index contributed by atoms with van der Waals surface area (Å²) >= 11 is 1.52. The van der Waals surface area contributed by atoms with Gasteiger partial charge in [-0.2, -0.15) is 5.01 Å². The van der Waals surface area contributed by atoms with Crippen LogP contribution in [0.15, 0.2) is 72.2 Å². The molecule has 0 spiro atoms. The van der Waals surface area contributed by atoms with Gasteiger partial charge in [-0.05, 0) is 30.7 Å². The van der Waals surface area contributed by atoms with Gasteiger partial charge in [-0.15, -0.1) is 6.58 Å². The number of thioether (sulfide) groups is 1. The normalized spacial score (nSPS) is 13.7. The topological polar surface area (TPSA) is 53.0 Å². The van der Waals surface area contributed by atoms with Crippen LogP contribution in [-0.4, -0.2) is 39.3 Å². The van der Waals surface area contributed by atoms with Crippen LogP contribution in [0.25, 0.3) is 0 Å². The van der Waals surface area contributed by atoms with Gasteiger partial charge in [0.05, 0.1) is 23.4 Å². The highest BCUT2D eigenvalue weighted by molar-refractivity contribution is 8.13. The van der Waals surface area contributed by atoms with Crippen molar-refractivity contribution < 1.29 is 9.59 Å². The highest BCUT2D eigenvalue weighted by Gasteiger charge is 2.40. The number of carbonyl (C=O) groups excluding carboxylic acids is 2. The van der Waals surface area contributed by atoms with E-state index in [2.05, 4.69) is 13.5 Å². The van der Waals surface area contributed by atoms with E-state index in [0.717, 1.165) is 17.9 Å². The minimum Gasteiger partial charge on any atom is -0.267 e. The van der Waals surface area contributed by atoms with Crippen LogP contribution in [-0.2, 0) is 0 Å². The van der Waals surface area contributed by atoms with Crippen LogP contribution >= 0.6 is 11.8 Å². The number of hydrogen-bond donors (Lipinski definition) is 0. The molecule has 0 aliphatic carbocycles. The van der Waals surface area contributed by atoms with E-state index in [1.165, 1.54) is 16.8 Å². The van der Waals surface area contributed by atoms with E-state index in [1.54, 1.807) is 35.4 Å². The Balaban J connectivity index is 2.02. The van der Waals surface area contributed by atoms with Crippen molar-refractivity contribution in [3.8, 4) is 0 Å². The van der Waals surface area contributed by atoms with Gasteiger partial charge in [0.1, 0.15) is 0 Å². The summed E-state index contributed by atoms with van der Waals surface area (Å²) < 4.78 is 0. The molecule has 5 nitrogen and oxygen atoms in total. The molecule has 1 aliphatic heterocycles. The molecule has 0 fully saturated rings. The minimum absolute atomic E-state index is 0.299. The smallest absolute Gasteiger partial charge is 0.267 e. The fourth-order valence-electron chi connectivity index (χ4n) is 2.73. The van der Waals surface area contributed by atoms with Crippen molar-refractivity contribution in [3.05, 3.63) is 78.4 Å². The summed E-state index contributed by atoms with van der Waals surface area (Å²) in [6.45, 7) is 6.16. The van der Waals surface area contributed by atoms with E-state index >= 15 is 0 Å². The van der Waals surface area contributed by atoms with Crippen LogP contribution in [0.2, 0.25) is 0 Å². The average molecular weight is 379 g/mol. The highest BCUT2D eigenvalue weighted by atomic mass is 32.2. The molecular weight excluding hydrogens is 358 g/mol. The lowest BCUT2D eigenvalue weighted by molar-refractivity contribution is 0.0333. The third-order valence-electron chi connectivity index (χ3n) is 3.95. The van der Waals surface area contributed by atoms with Crippen molar-refractivity contribution in [2.45, 2.75) is 13.3 Å². The molecule has 2 aromatic carbocycles. The first-order valence-corrected chi connectivity index (χ1v) is 9.78. The van der Waals surface area contributed by atoms with E-state index < -0.39 is 0 Å². The molecule has 2 amide bonds. The van der Waals surface area contributed by atoms with Crippen molar-refractivity contribution in [3.63, 3.8) is 0 Å². The maximum Gasteiger partial charge on any atom is 0.280 e. The zero-order valence-electron chi connectivity index (χ0n) is 15.2. The Morgan fingerprint density at radius 3 is 2.22 bits per heavy atom. The summed E-state index contributed by atoms with van der Waals surface area (Å²) in [6, 6.07) is 16.4. The van der Waals surface area contributed by atoms with Gasteiger partial charge in [0.2, 0.25) is 0 Å². The third kappa shape index (κ3) is 3.95. The molecule has 0 bridgehead atoms. The number of aliphatic imine (C=N–C) groups is 1. The van der Waals surface area contributed by atoms with Crippen LogP contribution < -0.4 is 0 Å². The third-order valence-corrected chi connectivity index (χ3v) is 5.13. The summed E-state index contributed by atoms with van der Waals surface area (Å²) in [5, 5.41) is 3.39. The number of benzene rings is 2. The predicted molar refractivity (Wildman–Crippen MR) is 110 cm³/mol. The number of amides is 2. The van der Waals surface area contributed by atoms with Crippen LogP contribution in [0.5, 0.6) is 0 Å². The van der Waals surface area contributed by atoms with Crippen LogP contribution in [0.1, 0.15) is 34.1 Å². The summed E-state index contributed by atoms with van der Waals surface area (Å²) in [4.78, 5) is 30.5. The van der Waals surface area contributed by atoms with Crippen molar-refractivity contribution >= 4 is 34.4 Å². The highest BCUT2D eigenvalue weighted by Crippen LogP contribution is 2.27. The van der Waals surface area contributed by atoms with Gasteiger partial charge in [0, 0.05) is 5.75 Å². The van der Waals surface area contributed by atoms with Crippen LogP contribution in [0, 0.1) is 0 Å². The molecule has 0 saturated heterocycles. The number of nitrogens with zero attached hydrogens (tertiary/aromatic N) is 3. The number of para-hydroxylation sites is 1. The Labute approximate surface area is 163 Å². The summed E-state index contributed by atoms with van der Waals surface area (Å²) in [5.74, 6) is 0.147. The number of hydrazine groups is 1. The number of imide groups is 1. The molecular formula is C21H21N3O2S. The molecule has 2 aromatic rings. The molecule has 0 N–H and O–H groups in total. The second-order valence-corrected chi connectivity index (χ2v) is 6.98. The molecule has 0 unspecified atom stereocenters. The van der Waals surface area contributed by atoms with E-state index in [4.69, 9.17) is 4.99 Å². The van der Waals surface area contributed by atoms with Crippen molar-refractivity contribution in [2.75, 3.05) is 12.3 Å². The molecule has 0 saturated carbocycles. The predicted octanol–water partition coefficient (Wildman–Crippen LogP) is 4.52. The lowest BCUT2D eigenvalue weighted by Gasteiger charge is -2.31. The molecule has 1 heterocycles. The van der Waals surface area contributed by atoms with E-state index in [0.29, 0.717) is 22.8 Å². The van der Waals surface area contributed by atoms with Gasteiger partial charge >= 0.3 is 0 Å². The van der Waals surface area contributed by atoms with Crippen LogP contribution in [0.4, 0.5) is 5.69 Å². The summed E-state index contributed by atoms with van der Waals surface area (Å²) in [5.41, 5.74) is 1.59. The van der Waals surface area contributed by atoms with Gasteiger partial charge in [0.15, 0.2) is 5.17 Å². The SMILES string of the molecule is C=CCN(C(=Nc1ccccc1)SCCC)N1C(=O)c2ccccc2C1=O. The number of carbonyl (C=O) groups is 2. The molecule has 1 aliphatic rings. The Kier molecular flexibility index (Phi) is 6.08. The number of amidine groups is 1. The van der Waals surface area contributed by atoms with Crippen molar-refractivity contribution in [2.24, 2.45) is 4.99 Å². The molecule has 0 atom stereocenters. The van der Waals surface area contributed by atoms with Gasteiger partial charge < -0.3 is 0 Å². The zero-order valence-corrected chi connectivity index (χ0v) is 16.0. The summed E-state index contributed by atoms with van der Waals surface area (Å²) in [7, 11) is 0. The Morgan fingerprint density at radius 1 is 1.07 bits per heavy atom. The number of hydrogen-bond acceptors (Lipinski definition) is 4. The number of fused-ring (bicyclic) bond motifs is 1. The molecule has 0 radical (unpaired) electrons. The maximum absolute atomic E-state index is 12.9. The van der Waals surface area contributed by atoms with E-state index in [1.807, 2.05) is 30.3 Å². The van der Waals surface area contributed by atoms with Gasteiger partial charge in [-0.3, -0.25) is 9.59 Å². The molecule has 27 heavy (non-hydrogen) atoms. The Bertz CT molecular complexity index is 845. The van der Waals surface area contributed by atoms with Crippen molar-refractivity contribution in [1.29, 1.82) is 0 Å². The first-order valence-electron chi connectivity index (χ1n) is 8.80. The first-order chi connectivity index (χ1) is 13.2. The van der Waals surface area contributed by atoms with Gasteiger partial charge in [-0.25, -0.2) is 10.0 Å². The minimum atomic E-state index is -0.338. The fourth-order valence-corrected chi connectivity index (χ4v) is 3.60.